The molecule has 96 valence electrons. The summed E-state index contributed by atoms with van der Waals surface area (Å²) >= 11 is 3.52. The average molecular weight is 309 g/mol. The summed E-state index contributed by atoms with van der Waals surface area (Å²) in [6, 6.07) is 8.91. The first-order chi connectivity index (χ1) is 8.81. The fourth-order valence-electron chi connectivity index (χ4n) is 1.72. The maximum absolute atomic E-state index is 8.50. The van der Waals surface area contributed by atoms with E-state index in [1.54, 1.807) is 0 Å². The van der Waals surface area contributed by atoms with E-state index in [1.165, 1.54) is 18.4 Å². The molecule has 0 unspecified atom stereocenters. The topological polar surface area (TPSA) is 45.0 Å². The minimum atomic E-state index is 0.542. The van der Waals surface area contributed by atoms with E-state index < -0.39 is 0 Å². The number of nitriles is 1. The molecule has 1 fully saturated rings. The molecule has 1 N–H and O–H groups in total. The first kappa shape index (κ1) is 13.4. The lowest BCUT2D eigenvalue weighted by atomic mass is 10.2. The Morgan fingerprint density at radius 3 is 3.00 bits per heavy atom. The number of hydrogen-bond acceptors (Lipinski definition) is 3. The van der Waals surface area contributed by atoms with Gasteiger partial charge in [-0.05, 0) is 41.3 Å². The van der Waals surface area contributed by atoms with Crippen LogP contribution in [-0.2, 0) is 6.54 Å². The van der Waals surface area contributed by atoms with E-state index >= 15 is 0 Å². The van der Waals surface area contributed by atoms with Gasteiger partial charge in [-0.1, -0.05) is 12.1 Å². The van der Waals surface area contributed by atoms with E-state index in [0.717, 1.165) is 23.2 Å². The Kier molecular flexibility index (Phi) is 5.03. The van der Waals surface area contributed by atoms with Crippen LogP contribution in [0.4, 0.5) is 0 Å². The van der Waals surface area contributed by atoms with Gasteiger partial charge in [0.2, 0.25) is 0 Å². The molecular formula is C14H17BrN2O. The molecule has 0 bridgehead atoms. The molecule has 0 amide bonds. The Morgan fingerprint density at radius 2 is 2.28 bits per heavy atom. The van der Waals surface area contributed by atoms with Gasteiger partial charge in [0, 0.05) is 24.6 Å². The summed E-state index contributed by atoms with van der Waals surface area (Å²) in [5.74, 6) is 0.906. The number of hydrogen-bond donors (Lipinski definition) is 1. The van der Waals surface area contributed by atoms with Crippen LogP contribution < -0.4 is 10.1 Å². The van der Waals surface area contributed by atoms with Crippen molar-refractivity contribution in [2.75, 3.05) is 6.61 Å². The largest absolute Gasteiger partial charge is 0.492 e. The highest BCUT2D eigenvalue weighted by Crippen LogP contribution is 2.30. The lowest BCUT2D eigenvalue weighted by molar-refractivity contribution is 0.307. The van der Waals surface area contributed by atoms with E-state index in [4.69, 9.17) is 10.00 Å². The number of unbranched alkanes of at least 4 members (excludes halogenated alkanes) is 1. The van der Waals surface area contributed by atoms with Gasteiger partial charge in [-0.25, -0.2) is 0 Å². The number of nitrogens with one attached hydrogen (secondary N) is 1. The summed E-state index contributed by atoms with van der Waals surface area (Å²) in [6.45, 7) is 1.43. The van der Waals surface area contributed by atoms with Crippen LogP contribution >= 0.6 is 15.9 Å². The molecule has 1 saturated carbocycles. The number of ether oxygens (including phenoxy) is 1. The Balaban J connectivity index is 1.93. The molecule has 0 aromatic heterocycles. The van der Waals surface area contributed by atoms with Crippen LogP contribution in [0.15, 0.2) is 22.7 Å². The van der Waals surface area contributed by atoms with Gasteiger partial charge >= 0.3 is 0 Å². The summed E-state index contributed by atoms with van der Waals surface area (Å²) in [5.41, 5.74) is 1.17. The minimum Gasteiger partial charge on any atom is -0.492 e. The molecule has 1 aliphatic rings. The van der Waals surface area contributed by atoms with Crippen LogP contribution in [0, 0.1) is 11.3 Å². The summed E-state index contributed by atoms with van der Waals surface area (Å²) < 4.78 is 6.77. The van der Waals surface area contributed by atoms with Crippen molar-refractivity contribution in [2.45, 2.75) is 38.3 Å². The average Bonchev–Trinajstić information content (AvgIpc) is 3.18. The Labute approximate surface area is 116 Å². The highest BCUT2D eigenvalue weighted by atomic mass is 79.9. The van der Waals surface area contributed by atoms with Crippen molar-refractivity contribution >= 4 is 15.9 Å². The third-order valence-corrected chi connectivity index (χ3v) is 3.51. The Hall–Kier alpha value is -1.05. The molecule has 1 aromatic rings. The second kappa shape index (κ2) is 6.77. The molecule has 0 heterocycles. The van der Waals surface area contributed by atoms with Gasteiger partial charge in [0.05, 0.1) is 17.1 Å². The third kappa shape index (κ3) is 4.01. The predicted octanol–water partition coefficient (Wildman–Crippen LogP) is 3.38. The molecule has 0 radical (unpaired) electrons. The van der Waals surface area contributed by atoms with Crippen molar-refractivity contribution in [2.24, 2.45) is 0 Å². The standard InChI is InChI=1S/C14H17BrN2O/c15-13-5-3-4-11(10-17-12-6-7-12)14(13)18-9-2-1-8-16/h3-5,12,17H,1-2,6-7,9-10H2. The fourth-order valence-corrected chi connectivity index (χ4v) is 2.24. The zero-order valence-electron chi connectivity index (χ0n) is 10.3. The van der Waals surface area contributed by atoms with Gasteiger partial charge in [0.25, 0.3) is 0 Å². The molecule has 0 saturated heterocycles. The molecule has 0 spiro atoms. The quantitative estimate of drug-likeness (QED) is 0.785. The van der Waals surface area contributed by atoms with Gasteiger partial charge < -0.3 is 10.1 Å². The zero-order valence-corrected chi connectivity index (χ0v) is 11.9. The molecular weight excluding hydrogens is 292 g/mol. The van der Waals surface area contributed by atoms with Crippen molar-refractivity contribution in [3.05, 3.63) is 28.2 Å². The van der Waals surface area contributed by atoms with E-state index in [2.05, 4.69) is 33.4 Å². The fraction of sp³-hybridized carbons (Fsp3) is 0.500. The predicted molar refractivity (Wildman–Crippen MR) is 74.3 cm³/mol. The minimum absolute atomic E-state index is 0.542. The molecule has 2 rings (SSSR count). The van der Waals surface area contributed by atoms with Crippen LogP contribution in [0.1, 0.15) is 31.2 Å². The van der Waals surface area contributed by atoms with Crippen molar-refractivity contribution in [1.29, 1.82) is 5.26 Å². The number of halogens is 1. The van der Waals surface area contributed by atoms with Crippen LogP contribution in [0.3, 0.4) is 0 Å². The monoisotopic (exact) mass is 308 g/mol. The molecule has 1 aromatic carbocycles. The molecule has 3 nitrogen and oxygen atoms in total. The SMILES string of the molecule is N#CCCCOc1c(Br)cccc1CNC1CC1. The second-order valence-corrected chi connectivity index (χ2v) is 5.35. The van der Waals surface area contributed by atoms with E-state index in [0.29, 0.717) is 19.1 Å². The van der Waals surface area contributed by atoms with Crippen LogP contribution in [0.5, 0.6) is 5.75 Å². The first-order valence-corrected chi connectivity index (χ1v) is 7.11. The Morgan fingerprint density at radius 1 is 1.44 bits per heavy atom. The highest BCUT2D eigenvalue weighted by molar-refractivity contribution is 9.10. The van der Waals surface area contributed by atoms with Gasteiger partial charge in [-0.2, -0.15) is 5.26 Å². The molecule has 0 atom stereocenters. The number of nitrogens with zero attached hydrogens (tertiary/aromatic N) is 1. The smallest absolute Gasteiger partial charge is 0.137 e. The summed E-state index contributed by atoms with van der Waals surface area (Å²) in [7, 11) is 0. The maximum atomic E-state index is 8.50. The van der Waals surface area contributed by atoms with Gasteiger partial charge in [0.1, 0.15) is 5.75 Å². The van der Waals surface area contributed by atoms with Crippen molar-refractivity contribution in [3.63, 3.8) is 0 Å². The third-order valence-electron chi connectivity index (χ3n) is 2.89. The van der Waals surface area contributed by atoms with Crippen molar-refractivity contribution < 1.29 is 4.74 Å². The first-order valence-electron chi connectivity index (χ1n) is 6.32. The Bertz CT molecular complexity index is 438. The van der Waals surface area contributed by atoms with Gasteiger partial charge in [0.15, 0.2) is 0 Å². The normalized spacial score (nSPS) is 14.2. The summed E-state index contributed by atoms with van der Waals surface area (Å²) in [4.78, 5) is 0. The lowest BCUT2D eigenvalue weighted by Gasteiger charge is -2.13. The molecule has 18 heavy (non-hydrogen) atoms. The van der Waals surface area contributed by atoms with Crippen LogP contribution in [-0.4, -0.2) is 12.6 Å². The lowest BCUT2D eigenvalue weighted by Crippen LogP contribution is -2.16. The van der Waals surface area contributed by atoms with E-state index in [1.807, 2.05) is 12.1 Å². The van der Waals surface area contributed by atoms with Gasteiger partial charge in [-0.3, -0.25) is 0 Å². The molecule has 0 aliphatic heterocycles. The highest BCUT2D eigenvalue weighted by Gasteiger charge is 2.20. The second-order valence-electron chi connectivity index (χ2n) is 4.49. The summed E-state index contributed by atoms with van der Waals surface area (Å²) in [6.07, 6.45) is 3.88. The number of rotatable bonds is 7. The molecule has 4 heteroatoms. The molecule has 1 aliphatic carbocycles. The van der Waals surface area contributed by atoms with Crippen molar-refractivity contribution in [3.8, 4) is 11.8 Å². The zero-order chi connectivity index (χ0) is 12.8. The van der Waals surface area contributed by atoms with Crippen LogP contribution in [0.25, 0.3) is 0 Å². The number of benzene rings is 1. The van der Waals surface area contributed by atoms with E-state index in [9.17, 15) is 0 Å². The van der Waals surface area contributed by atoms with Crippen LogP contribution in [0.2, 0.25) is 0 Å². The van der Waals surface area contributed by atoms with E-state index in [-0.39, 0.29) is 0 Å². The maximum Gasteiger partial charge on any atom is 0.137 e. The van der Waals surface area contributed by atoms with Crippen molar-refractivity contribution in [1.82, 2.24) is 5.32 Å². The summed E-state index contributed by atoms with van der Waals surface area (Å²) in [5, 5.41) is 12.0. The van der Waals surface area contributed by atoms with Gasteiger partial charge in [-0.15, -0.1) is 0 Å². The number of para-hydroxylation sites is 1.